The number of carbonyl (C=O) groups is 4. The third kappa shape index (κ3) is 7.23. The van der Waals surface area contributed by atoms with Gasteiger partial charge >= 0.3 is 5.97 Å². The molecule has 0 spiro atoms. The Morgan fingerprint density at radius 1 is 1.03 bits per heavy atom. The van der Waals surface area contributed by atoms with Gasteiger partial charge in [0.25, 0.3) is 0 Å². The second-order valence-corrected chi connectivity index (χ2v) is 7.08. The molecule has 4 N–H and O–H groups in total. The summed E-state index contributed by atoms with van der Waals surface area (Å²) in [7, 11) is 1.29. The van der Waals surface area contributed by atoms with Crippen molar-refractivity contribution in [2.24, 2.45) is 5.73 Å². The number of ether oxygens (including phenoxy) is 1. The Kier molecular flexibility index (Phi) is 9.23. The molecule has 2 amide bonds. The van der Waals surface area contributed by atoms with Crippen molar-refractivity contribution in [3.63, 3.8) is 0 Å². The third-order valence-electron chi connectivity index (χ3n) is 4.39. The summed E-state index contributed by atoms with van der Waals surface area (Å²) >= 11 is 4.01. The molecule has 2 rings (SSSR count). The number of methoxy groups -OCH3 is 1. The number of ketones is 1. The Hall–Kier alpha value is -3.17. The zero-order chi connectivity index (χ0) is 22.8. The largest absolute Gasteiger partial charge is 0.469 e. The minimum absolute atomic E-state index is 0.0867. The molecule has 1 atom stereocenters. The molecule has 0 radical (unpaired) electrons. The molecule has 9 heteroatoms. The summed E-state index contributed by atoms with van der Waals surface area (Å²) in [4.78, 5) is 48.7. The summed E-state index contributed by atoms with van der Waals surface area (Å²) in [5.74, 6) is -1.33. The summed E-state index contributed by atoms with van der Waals surface area (Å²) in [5.41, 5.74) is 6.99. The molecule has 2 aromatic carbocycles. The van der Waals surface area contributed by atoms with Crippen molar-refractivity contribution in [1.82, 2.24) is 0 Å². The fraction of sp³-hybridized carbons (Fsp3) is 0.273. The molecule has 8 nitrogen and oxygen atoms in total. The van der Waals surface area contributed by atoms with Crippen molar-refractivity contribution in [2.45, 2.75) is 25.3 Å². The van der Waals surface area contributed by atoms with Crippen molar-refractivity contribution in [3.8, 4) is 0 Å². The van der Waals surface area contributed by atoms with Crippen LogP contribution in [0.15, 0.2) is 48.5 Å². The van der Waals surface area contributed by atoms with Crippen molar-refractivity contribution >= 4 is 47.6 Å². The molecule has 0 aliphatic rings. The van der Waals surface area contributed by atoms with Crippen LogP contribution in [-0.2, 0) is 19.1 Å². The summed E-state index contributed by atoms with van der Waals surface area (Å²) in [6.45, 7) is 0. The van der Waals surface area contributed by atoms with E-state index in [2.05, 4.69) is 28.0 Å². The van der Waals surface area contributed by atoms with E-state index in [4.69, 9.17) is 5.73 Å². The summed E-state index contributed by atoms with van der Waals surface area (Å²) in [5, 5.41) is 5.35. The highest BCUT2D eigenvalue weighted by molar-refractivity contribution is 7.80. The lowest BCUT2D eigenvalue weighted by atomic mass is 10.0. The van der Waals surface area contributed by atoms with Gasteiger partial charge in [-0.25, -0.2) is 0 Å². The number of hydrogen-bond acceptors (Lipinski definition) is 7. The zero-order valence-electron chi connectivity index (χ0n) is 17.1. The highest BCUT2D eigenvalue weighted by atomic mass is 32.1. The maximum atomic E-state index is 13.1. The first-order chi connectivity index (χ1) is 14.8. The van der Waals surface area contributed by atoms with Gasteiger partial charge in [-0.1, -0.05) is 30.3 Å². The Bertz CT molecular complexity index is 949. The molecule has 0 bridgehead atoms. The van der Waals surface area contributed by atoms with Crippen LogP contribution in [0.25, 0.3) is 0 Å². The molecular weight excluding hydrogens is 418 g/mol. The maximum absolute atomic E-state index is 13.1. The average molecular weight is 444 g/mol. The van der Waals surface area contributed by atoms with E-state index in [9.17, 15) is 19.2 Å². The molecule has 0 saturated carbocycles. The fourth-order valence-electron chi connectivity index (χ4n) is 2.69. The number of nitrogens with two attached hydrogens (primary N) is 1. The Balaban J connectivity index is 2.25. The summed E-state index contributed by atoms with van der Waals surface area (Å²) in [6, 6.07) is 12.4. The first-order valence-electron chi connectivity index (χ1n) is 9.63. The molecular formula is C22H25N3O5S. The van der Waals surface area contributed by atoms with Crippen LogP contribution in [0, 0.1) is 0 Å². The number of benzene rings is 2. The number of hydrogen-bond donors (Lipinski definition) is 4. The minimum Gasteiger partial charge on any atom is -0.469 e. The monoisotopic (exact) mass is 443 g/mol. The quantitative estimate of drug-likeness (QED) is 0.254. The third-order valence-corrected chi connectivity index (χ3v) is 4.78. The van der Waals surface area contributed by atoms with Gasteiger partial charge in [0.1, 0.15) is 0 Å². The predicted octanol–water partition coefficient (Wildman–Crippen LogP) is 2.40. The number of anilines is 2. The molecule has 0 aliphatic carbocycles. The molecule has 0 fully saturated rings. The Morgan fingerprint density at radius 2 is 1.74 bits per heavy atom. The molecule has 0 saturated heterocycles. The smallest absolute Gasteiger partial charge is 0.305 e. The molecule has 0 aromatic heterocycles. The second-order valence-electron chi connectivity index (χ2n) is 6.71. The van der Waals surface area contributed by atoms with Crippen LogP contribution < -0.4 is 16.4 Å². The van der Waals surface area contributed by atoms with Crippen LogP contribution >= 0.6 is 12.6 Å². The number of rotatable bonds is 10. The van der Waals surface area contributed by atoms with Gasteiger partial charge in [0.05, 0.1) is 18.8 Å². The van der Waals surface area contributed by atoms with Crippen LogP contribution in [0.2, 0.25) is 0 Å². The highest BCUT2D eigenvalue weighted by Gasteiger charge is 2.18. The first-order valence-corrected chi connectivity index (χ1v) is 10.3. The molecule has 31 heavy (non-hydrogen) atoms. The van der Waals surface area contributed by atoms with E-state index in [1.165, 1.54) is 19.2 Å². The van der Waals surface area contributed by atoms with Crippen LogP contribution in [0.4, 0.5) is 11.4 Å². The predicted molar refractivity (Wildman–Crippen MR) is 121 cm³/mol. The molecule has 0 aliphatic heterocycles. The summed E-state index contributed by atoms with van der Waals surface area (Å²) in [6.07, 6.45) is 0.523. The van der Waals surface area contributed by atoms with Gasteiger partial charge in [-0.2, -0.15) is 12.6 Å². The minimum atomic E-state index is -0.800. The van der Waals surface area contributed by atoms with E-state index in [-0.39, 0.29) is 35.8 Å². The molecule has 164 valence electrons. The van der Waals surface area contributed by atoms with E-state index >= 15 is 0 Å². The lowest BCUT2D eigenvalue weighted by Gasteiger charge is -2.14. The van der Waals surface area contributed by atoms with Crippen LogP contribution in [0.3, 0.4) is 0 Å². The lowest BCUT2D eigenvalue weighted by molar-refractivity contribution is -0.140. The number of esters is 1. The van der Waals surface area contributed by atoms with Crippen LogP contribution in [0.1, 0.15) is 35.2 Å². The SMILES string of the molecule is COC(=O)CCCC(=O)Nc1ccc(NC(=O)[C@@H](N)CS)cc1C(=O)c1ccccc1. The maximum Gasteiger partial charge on any atom is 0.305 e. The fourth-order valence-corrected chi connectivity index (χ4v) is 2.86. The van der Waals surface area contributed by atoms with E-state index in [0.717, 1.165) is 0 Å². The van der Waals surface area contributed by atoms with E-state index in [1.807, 2.05) is 0 Å². The van der Waals surface area contributed by atoms with Gasteiger partial charge in [0.15, 0.2) is 5.78 Å². The van der Waals surface area contributed by atoms with Crippen LogP contribution in [-0.4, -0.2) is 42.5 Å². The van der Waals surface area contributed by atoms with E-state index in [1.54, 1.807) is 36.4 Å². The van der Waals surface area contributed by atoms with Crippen molar-refractivity contribution in [3.05, 3.63) is 59.7 Å². The van der Waals surface area contributed by atoms with Crippen molar-refractivity contribution in [1.29, 1.82) is 0 Å². The molecule has 0 unspecified atom stereocenters. The van der Waals surface area contributed by atoms with E-state index < -0.39 is 17.9 Å². The second kappa shape index (κ2) is 11.9. The topological polar surface area (TPSA) is 128 Å². The van der Waals surface area contributed by atoms with Crippen LogP contribution in [0.5, 0.6) is 0 Å². The number of carbonyl (C=O) groups excluding carboxylic acids is 4. The standard InChI is InChI=1S/C22H25N3O5S/c1-30-20(27)9-5-8-19(26)25-18-11-10-15(24-22(29)17(23)13-31)12-16(18)21(28)14-6-3-2-4-7-14/h2-4,6-7,10-12,17,31H,5,8-9,13,23H2,1H3,(H,24,29)(H,25,26)/t17-/m0/s1. The van der Waals surface area contributed by atoms with E-state index in [0.29, 0.717) is 23.4 Å². The Labute approximate surface area is 185 Å². The lowest BCUT2D eigenvalue weighted by Crippen LogP contribution is -2.37. The van der Waals surface area contributed by atoms with Crippen molar-refractivity contribution < 1.29 is 23.9 Å². The highest BCUT2D eigenvalue weighted by Crippen LogP contribution is 2.24. The zero-order valence-corrected chi connectivity index (χ0v) is 18.0. The number of thiol groups is 1. The van der Waals surface area contributed by atoms with Gasteiger partial charge in [-0.05, 0) is 24.6 Å². The van der Waals surface area contributed by atoms with Gasteiger partial charge in [0, 0.05) is 35.4 Å². The summed E-state index contributed by atoms with van der Waals surface area (Å²) < 4.78 is 4.56. The molecule has 2 aromatic rings. The van der Waals surface area contributed by atoms with Gasteiger partial charge < -0.3 is 21.1 Å². The van der Waals surface area contributed by atoms with Crippen molar-refractivity contribution in [2.75, 3.05) is 23.5 Å². The average Bonchev–Trinajstić information content (AvgIpc) is 2.79. The number of nitrogens with one attached hydrogen (secondary N) is 2. The first kappa shape index (κ1) is 24.1. The number of amides is 2. The normalized spacial score (nSPS) is 11.3. The Morgan fingerprint density at radius 3 is 2.39 bits per heavy atom. The van der Waals surface area contributed by atoms with Gasteiger partial charge in [-0.15, -0.1) is 0 Å². The van der Waals surface area contributed by atoms with Gasteiger partial charge in [0.2, 0.25) is 11.8 Å². The van der Waals surface area contributed by atoms with Gasteiger partial charge in [-0.3, -0.25) is 19.2 Å². The molecule has 0 heterocycles.